The van der Waals surface area contributed by atoms with Gasteiger partial charge in [0, 0.05) is 19.2 Å². The monoisotopic (exact) mass is 323 g/mol. The summed E-state index contributed by atoms with van der Waals surface area (Å²) in [5, 5.41) is 10.8. The molecule has 0 aliphatic heterocycles. The Morgan fingerprint density at radius 2 is 2.04 bits per heavy atom. The number of nitrogen functional groups attached to an aromatic ring is 1. The van der Waals surface area contributed by atoms with Gasteiger partial charge in [0.2, 0.25) is 0 Å². The fourth-order valence-electron chi connectivity index (χ4n) is 1.94. The number of nitro groups is 1. The fraction of sp³-hybridized carbons (Fsp3) is 0.467. The molecule has 1 amide bonds. The van der Waals surface area contributed by atoms with Crippen LogP contribution in [0.25, 0.3) is 0 Å². The van der Waals surface area contributed by atoms with Gasteiger partial charge in [0.05, 0.1) is 10.5 Å². The highest BCUT2D eigenvalue weighted by Gasteiger charge is 2.18. The predicted octanol–water partition coefficient (Wildman–Crippen LogP) is 1.98. The number of anilines is 1. The number of benzene rings is 1. The molecule has 0 aliphatic rings. The number of nitrogens with two attached hydrogens (primary N) is 1. The van der Waals surface area contributed by atoms with Gasteiger partial charge in [-0.15, -0.1) is 0 Å². The first-order valence-electron chi connectivity index (χ1n) is 7.39. The first-order valence-corrected chi connectivity index (χ1v) is 7.39. The largest absolute Gasteiger partial charge is 0.452 e. The van der Waals surface area contributed by atoms with Crippen LogP contribution >= 0.6 is 0 Å². The molecule has 0 fully saturated rings. The molecule has 2 N–H and O–H groups in total. The lowest BCUT2D eigenvalue weighted by molar-refractivity contribution is -0.383. The van der Waals surface area contributed by atoms with E-state index in [1.54, 1.807) is 4.90 Å². The Morgan fingerprint density at radius 1 is 1.35 bits per heavy atom. The molecule has 0 spiro atoms. The summed E-state index contributed by atoms with van der Waals surface area (Å²) in [6.07, 6.45) is 1.83. The highest BCUT2D eigenvalue weighted by molar-refractivity contribution is 5.92. The first kappa shape index (κ1) is 18.4. The average Bonchev–Trinajstić information content (AvgIpc) is 2.53. The standard InChI is InChI=1S/C15H21N3O5/c1-3-5-8-17(4-2)14(19)10-23-15(20)11-6-7-12(16)13(9-11)18(21)22/h6-7,9H,3-5,8,10,16H2,1-2H3. The highest BCUT2D eigenvalue weighted by atomic mass is 16.6. The van der Waals surface area contributed by atoms with Crippen LogP contribution in [0.3, 0.4) is 0 Å². The van der Waals surface area contributed by atoms with Crippen molar-refractivity contribution in [1.82, 2.24) is 4.90 Å². The Kier molecular flexibility index (Phi) is 6.98. The lowest BCUT2D eigenvalue weighted by atomic mass is 10.2. The van der Waals surface area contributed by atoms with Gasteiger partial charge < -0.3 is 15.4 Å². The SMILES string of the molecule is CCCCN(CC)C(=O)COC(=O)c1ccc(N)c([N+](=O)[O-])c1. The Labute approximate surface area is 134 Å². The topological polar surface area (TPSA) is 116 Å². The second-order valence-corrected chi connectivity index (χ2v) is 4.93. The Balaban J connectivity index is 2.68. The highest BCUT2D eigenvalue weighted by Crippen LogP contribution is 2.22. The molecule has 0 radical (unpaired) electrons. The van der Waals surface area contributed by atoms with E-state index < -0.39 is 17.5 Å². The van der Waals surface area contributed by atoms with E-state index in [1.165, 1.54) is 12.1 Å². The Morgan fingerprint density at radius 3 is 2.61 bits per heavy atom. The van der Waals surface area contributed by atoms with Crippen LogP contribution in [0.15, 0.2) is 18.2 Å². The summed E-state index contributed by atoms with van der Waals surface area (Å²) >= 11 is 0. The smallest absolute Gasteiger partial charge is 0.338 e. The summed E-state index contributed by atoms with van der Waals surface area (Å²) < 4.78 is 4.93. The third-order valence-electron chi connectivity index (χ3n) is 3.31. The molecule has 0 aliphatic carbocycles. The molecule has 0 bridgehead atoms. The van der Waals surface area contributed by atoms with E-state index in [4.69, 9.17) is 10.5 Å². The number of nitrogens with zero attached hydrogens (tertiary/aromatic N) is 2. The third kappa shape index (κ3) is 5.24. The maximum absolute atomic E-state index is 12.0. The van der Waals surface area contributed by atoms with Gasteiger partial charge in [-0.2, -0.15) is 0 Å². The van der Waals surface area contributed by atoms with E-state index in [9.17, 15) is 19.7 Å². The van der Waals surface area contributed by atoms with E-state index >= 15 is 0 Å². The van der Waals surface area contributed by atoms with Crippen molar-refractivity contribution in [3.05, 3.63) is 33.9 Å². The Hall–Kier alpha value is -2.64. The zero-order valence-electron chi connectivity index (χ0n) is 13.3. The minimum absolute atomic E-state index is 0.0182. The van der Waals surface area contributed by atoms with Gasteiger partial charge in [0.25, 0.3) is 11.6 Å². The van der Waals surface area contributed by atoms with Crippen LogP contribution in [-0.4, -0.2) is 41.4 Å². The number of hydrogen-bond donors (Lipinski definition) is 1. The number of ether oxygens (including phenoxy) is 1. The van der Waals surface area contributed by atoms with E-state index in [2.05, 4.69) is 0 Å². The predicted molar refractivity (Wildman–Crippen MR) is 85.0 cm³/mol. The summed E-state index contributed by atoms with van der Waals surface area (Å²) in [5.41, 5.74) is 5.03. The van der Waals surface area contributed by atoms with Crippen LogP contribution in [0.1, 0.15) is 37.0 Å². The Bertz CT molecular complexity index is 588. The molecule has 0 saturated heterocycles. The second-order valence-electron chi connectivity index (χ2n) is 4.93. The molecular weight excluding hydrogens is 302 g/mol. The van der Waals surface area contributed by atoms with Crippen molar-refractivity contribution in [2.24, 2.45) is 0 Å². The van der Waals surface area contributed by atoms with Crippen molar-refractivity contribution >= 4 is 23.3 Å². The number of carbonyl (C=O) groups is 2. The molecule has 0 heterocycles. The van der Waals surface area contributed by atoms with Gasteiger partial charge in [-0.1, -0.05) is 13.3 Å². The third-order valence-corrected chi connectivity index (χ3v) is 3.31. The molecule has 0 atom stereocenters. The minimum atomic E-state index is -0.798. The van der Waals surface area contributed by atoms with Crippen LogP contribution in [0.4, 0.5) is 11.4 Å². The van der Waals surface area contributed by atoms with Gasteiger partial charge in [0.1, 0.15) is 5.69 Å². The van der Waals surface area contributed by atoms with Gasteiger partial charge in [-0.3, -0.25) is 14.9 Å². The number of likely N-dealkylation sites (N-methyl/N-ethyl adjacent to an activating group) is 1. The molecule has 0 aromatic heterocycles. The van der Waals surface area contributed by atoms with Crippen LogP contribution < -0.4 is 5.73 Å². The number of amides is 1. The van der Waals surface area contributed by atoms with Gasteiger partial charge in [-0.25, -0.2) is 4.79 Å². The lowest BCUT2D eigenvalue weighted by Crippen LogP contribution is -2.35. The second kappa shape index (κ2) is 8.72. The molecule has 1 rings (SSSR count). The van der Waals surface area contributed by atoms with E-state index in [0.717, 1.165) is 18.9 Å². The normalized spacial score (nSPS) is 10.2. The van der Waals surface area contributed by atoms with Crippen molar-refractivity contribution in [2.45, 2.75) is 26.7 Å². The first-order chi connectivity index (χ1) is 10.9. The van der Waals surface area contributed by atoms with E-state index in [0.29, 0.717) is 13.1 Å². The molecule has 0 saturated carbocycles. The maximum atomic E-state index is 12.0. The van der Waals surface area contributed by atoms with E-state index in [1.807, 2.05) is 13.8 Å². The van der Waals surface area contributed by atoms with Crippen LogP contribution in [0, 0.1) is 10.1 Å². The molecule has 1 aromatic rings. The lowest BCUT2D eigenvalue weighted by Gasteiger charge is -2.20. The number of nitro benzene ring substituents is 1. The summed E-state index contributed by atoms with van der Waals surface area (Å²) in [7, 11) is 0. The molecule has 1 aromatic carbocycles. The van der Waals surface area contributed by atoms with Crippen molar-refractivity contribution in [3.8, 4) is 0 Å². The number of rotatable bonds is 8. The minimum Gasteiger partial charge on any atom is -0.452 e. The quantitative estimate of drug-likeness (QED) is 0.338. The van der Waals surface area contributed by atoms with Crippen molar-refractivity contribution in [3.63, 3.8) is 0 Å². The zero-order valence-corrected chi connectivity index (χ0v) is 13.3. The van der Waals surface area contributed by atoms with Crippen LogP contribution in [0.2, 0.25) is 0 Å². The number of hydrogen-bond acceptors (Lipinski definition) is 6. The van der Waals surface area contributed by atoms with Gasteiger partial charge in [-0.05, 0) is 25.5 Å². The summed E-state index contributed by atoms with van der Waals surface area (Å²) in [6.45, 7) is 4.61. The number of unbranched alkanes of at least 4 members (excludes halogenated alkanes) is 1. The molecule has 8 heteroatoms. The summed E-state index contributed by atoms with van der Waals surface area (Å²) in [5.74, 6) is -1.09. The molecule has 126 valence electrons. The average molecular weight is 323 g/mol. The molecule has 8 nitrogen and oxygen atoms in total. The van der Waals surface area contributed by atoms with Crippen molar-refractivity contribution in [1.29, 1.82) is 0 Å². The maximum Gasteiger partial charge on any atom is 0.338 e. The summed E-state index contributed by atoms with van der Waals surface area (Å²) in [4.78, 5) is 35.6. The van der Waals surface area contributed by atoms with Crippen LogP contribution in [-0.2, 0) is 9.53 Å². The zero-order chi connectivity index (χ0) is 17.4. The van der Waals surface area contributed by atoms with Gasteiger partial charge >= 0.3 is 5.97 Å². The van der Waals surface area contributed by atoms with Crippen molar-refractivity contribution < 1.29 is 19.2 Å². The molecule has 0 unspecified atom stereocenters. The van der Waals surface area contributed by atoms with E-state index in [-0.39, 0.29) is 22.8 Å². The van der Waals surface area contributed by atoms with Crippen LogP contribution in [0.5, 0.6) is 0 Å². The number of carbonyl (C=O) groups excluding carboxylic acids is 2. The summed E-state index contributed by atoms with van der Waals surface area (Å²) in [6, 6.07) is 3.62. The van der Waals surface area contributed by atoms with Crippen molar-refractivity contribution in [2.75, 3.05) is 25.4 Å². The van der Waals surface area contributed by atoms with Gasteiger partial charge in [0.15, 0.2) is 6.61 Å². The molecule has 23 heavy (non-hydrogen) atoms. The number of esters is 1. The molecular formula is C15H21N3O5. The fourth-order valence-corrected chi connectivity index (χ4v) is 1.94.